The summed E-state index contributed by atoms with van der Waals surface area (Å²) in [5.74, 6) is 0.546. The molecule has 0 aromatic heterocycles. The minimum absolute atomic E-state index is 0.209. The molecule has 0 unspecified atom stereocenters. The number of carbonyl (C=O) groups is 1. The lowest BCUT2D eigenvalue weighted by atomic mass is 10.2. The van der Waals surface area contributed by atoms with Crippen LogP contribution < -0.4 is 4.90 Å². The fourth-order valence-electron chi connectivity index (χ4n) is 2.08. The van der Waals surface area contributed by atoms with E-state index in [9.17, 15) is 9.18 Å². The SMILES string of the molecule is CSCC(=O)N1CCN(c2ccc(F)cc2)CC1. The molecule has 0 N–H and O–H groups in total. The van der Waals surface area contributed by atoms with Gasteiger partial charge in [-0.1, -0.05) is 0 Å². The zero-order valence-electron chi connectivity index (χ0n) is 10.4. The van der Waals surface area contributed by atoms with E-state index in [0.717, 1.165) is 31.9 Å². The molecule has 1 aromatic carbocycles. The third-order valence-corrected chi connectivity index (χ3v) is 3.63. The molecule has 1 aliphatic rings. The monoisotopic (exact) mass is 268 g/mol. The Morgan fingerprint density at radius 1 is 1.22 bits per heavy atom. The molecule has 3 nitrogen and oxygen atoms in total. The number of rotatable bonds is 3. The Bertz CT molecular complexity index is 402. The van der Waals surface area contributed by atoms with E-state index in [-0.39, 0.29) is 11.7 Å². The lowest BCUT2D eigenvalue weighted by molar-refractivity contribution is -0.128. The molecule has 0 radical (unpaired) electrons. The third-order valence-electron chi connectivity index (χ3n) is 3.09. The number of halogens is 1. The second-order valence-electron chi connectivity index (χ2n) is 4.28. The predicted octanol–water partition coefficient (Wildman–Crippen LogP) is 1.84. The highest BCUT2D eigenvalue weighted by atomic mass is 32.2. The van der Waals surface area contributed by atoms with Gasteiger partial charge in [-0.15, -0.1) is 0 Å². The molecular weight excluding hydrogens is 251 g/mol. The van der Waals surface area contributed by atoms with Gasteiger partial charge in [-0.3, -0.25) is 4.79 Å². The maximum atomic E-state index is 12.8. The molecule has 18 heavy (non-hydrogen) atoms. The van der Waals surface area contributed by atoms with Gasteiger partial charge in [0.15, 0.2) is 0 Å². The van der Waals surface area contributed by atoms with Gasteiger partial charge >= 0.3 is 0 Å². The van der Waals surface area contributed by atoms with Crippen LogP contribution in [0.3, 0.4) is 0 Å². The van der Waals surface area contributed by atoms with E-state index in [1.807, 2.05) is 11.2 Å². The summed E-state index contributed by atoms with van der Waals surface area (Å²) in [7, 11) is 0. The third kappa shape index (κ3) is 3.16. The second kappa shape index (κ2) is 6.09. The predicted molar refractivity (Wildman–Crippen MR) is 73.6 cm³/mol. The van der Waals surface area contributed by atoms with Crippen molar-refractivity contribution in [1.29, 1.82) is 0 Å². The van der Waals surface area contributed by atoms with Crippen LogP contribution in [0.4, 0.5) is 10.1 Å². The Labute approximate surface area is 111 Å². The molecule has 98 valence electrons. The van der Waals surface area contributed by atoms with Crippen LogP contribution >= 0.6 is 11.8 Å². The van der Waals surface area contributed by atoms with Crippen molar-refractivity contribution >= 4 is 23.4 Å². The summed E-state index contributed by atoms with van der Waals surface area (Å²) < 4.78 is 12.8. The van der Waals surface area contributed by atoms with Crippen LogP contribution in [0, 0.1) is 5.82 Å². The van der Waals surface area contributed by atoms with Gasteiger partial charge in [0.1, 0.15) is 5.82 Å². The van der Waals surface area contributed by atoms with Crippen molar-refractivity contribution in [2.75, 3.05) is 43.1 Å². The van der Waals surface area contributed by atoms with Crippen LogP contribution in [-0.2, 0) is 4.79 Å². The Morgan fingerprint density at radius 3 is 2.39 bits per heavy atom. The first-order chi connectivity index (χ1) is 8.70. The molecule has 0 saturated carbocycles. The van der Waals surface area contributed by atoms with Crippen LogP contribution in [0.5, 0.6) is 0 Å². The number of hydrogen-bond acceptors (Lipinski definition) is 3. The number of carbonyl (C=O) groups excluding carboxylic acids is 1. The van der Waals surface area contributed by atoms with Crippen molar-refractivity contribution < 1.29 is 9.18 Å². The zero-order valence-corrected chi connectivity index (χ0v) is 11.3. The van der Waals surface area contributed by atoms with Crippen molar-refractivity contribution in [2.24, 2.45) is 0 Å². The molecule has 1 aliphatic heterocycles. The van der Waals surface area contributed by atoms with Crippen LogP contribution in [0.25, 0.3) is 0 Å². The first-order valence-electron chi connectivity index (χ1n) is 5.98. The molecular formula is C13H17FN2OS. The van der Waals surface area contributed by atoms with Gasteiger partial charge in [-0.25, -0.2) is 4.39 Å². The van der Waals surface area contributed by atoms with E-state index in [1.165, 1.54) is 12.1 Å². The van der Waals surface area contributed by atoms with E-state index in [1.54, 1.807) is 23.9 Å². The second-order valence-corrected chi connectivity index (χ2v) is 5.14. The molecule has 1 heterocycles. The lowest BCUT2D eigenvalue weighted by Crippen LogP contribution is -2.49. The van der Waals surface area contributed by atoms with Crippen molar-refractivity contribution in [3.63, 3.8) is 0 Å². The van der Waals surface area contributed by atoms with Crippen molar-refractivity contribution in [3.05, 3.63) is 30.1 Å². The van der Waals surface area contributed by atoms with Crippen LogP contribution in [0.15, 0.2) is 24.3 Å². The fraction of sp³-hybridized carbons (Fsp3) is 0.462. The average molecular weight is 268 g/mol. The Balaban J connectivity index is 1.90. The highest BCUT2D eigenvalue weighted by Crippen LogP contribution is 2.17. The van der Waals surface area contributed by atoms with E-state index >= 15 is 0 Å². The van der Waals surface area contributed by atoms with Gasteiger partial charge in [0.05, 0.1) is 5.75 Å². The summed E-state index contributed by atoms with van der Waals surface area (Å²) in [6, 6.07) is 6.52. The van der Waals surface area contributed by atoms with Crippen LogP contribution in [0.2, 0.25) is 0 Å². The van der Waals surface area contributed by atoms with Gasteiger partial charge < -0.3 is 9.80 Å². The Hall–Kier alpha value is -1.23. The molecule has 2 rings (SSSR count). The molecule has 1 saturated heterocycles. The van der Waals surface area contributed by atoms with E-state index in [4.69, 9.17) is 0 Å². The fourth-order valence-corrected chi connectivity index (χ4v) is 2.51. The van der Waals surface area contributed by atoms with E-state index < -0.39 is 0 Å². The zero-order chi connectivity index (χ0) is 13.0. The van der Waals surface area contributed by atoms with Gasteiger partial charge in [0, 0.05) is 31.9 Å². The van der Waals surface area contributed by atoms with E-state index in [0.29, 0.717) is 5.75 Å². The molecule has 5 heteroatoms. The molecule has 1 aromatic rings. The molecule has 0 atom stereocenters. The minimum atomic E-state index is -0.215. The number of amides is 1. The number of thioether (sulfide) groups is 1. The maximum absolute atomic E-state index is 12.8. The summed E-state index contributed by atoms with van der Waals surface area (Å²) in [4.78, 5) is 15.8. The molecule has 0 bridgehead atoms. The molecule has 0 aliphatic carbocycles. The summed E-state index contributed by atoms with van der Waals surface area (Å²) >= 11 is 1.56. The summed E-state index contributed by atoms with van der Waals surface area (Å²) in [5.41, 5.74) is 1.02. The number of anilines is 1. The van der Waals surface area contributed by atoms with Crippen molar-refractivity contribution in [2.45, 2.75) is 0 Å². The van der Waals surface area contributed by atoms with Gasteiger partial charge in [-0.05, 0) is 30.5 Å². The summed E-state index contributed by atoms with van der Waals surface area (Å²) in [6.45, 7) is 3.12. The summed E-state index contributed by atoms with van der Waals surface area (Å²) in [5, 5.41) is 0. The standard InChI is InChI=1S/C13H17FN2OS/c1-18-10-13(17)16-8-6-15(7-9-16)12-4-2-11(14)3-5-12/h2-5H,6-10H2,1H3. The average Bonchev–Trinajstić information content (AvgIpc) is 2.40. The molecule has 1 fully saturated rings. The van der Waals surface area contributed by atoms with Gasteiger partial charge in [-0.2, -0.15) is 11.8 Å². The van der Waals surface area contributed by atoms with Crippen LogP contribution in [0.1, 0.15) is 0 Å². The normalized spacial score (nSPS) is 15.9. The highest BCUT2D eigenvalue weighted by molar-refractivity contribution is 7.99. The smallest absolute Gasteiger partial charge is 0.232 e. The van der Waals surface area contributed by atoms with Gasteiger partial charge in [0.2, 0.25) is 5.91 Å². The lowest BCUT2D eigenvalue weighted by Gasteiger charge is -2.36. The minimum Gasteiger partial charge on any atom is -0.368 e. The van der Waals surface area contributed by atoms with Crippen molar-refractivity contribution in [1.82, 2.24) is 4.90 Å². The van der Waals surface area contributed by atoms with Crippen molar-refractivity contribution in [3.8, 4) is 0 Å². The largest absolute Gasteiger partial charge is 0.368 e. The first-order valence-corrected chi connectivity index (χ1v) is 7.37. The number of hydrogen-bond donors (Lipinski definition) is 0. The first kappa shape index (κ1) is 13.2. The molecule has 0 spiro atoms. The number of benzene rings is 1. The Morgan fingerprint density at radius 2 is 1.83 bits per heavy atom. The number of piperazine rings is 1. The van der Waals surface area contributed by atoms with Gasteiger partial charge in [0.25, 0.3) is 0 Å². The maximum Gasteiger partial charge on any atom is 0.232 e. The van der Waals surface area contributed by atoms with Crippen LogP contribution in [-0.4, -0.2) is 49.0 Å². The highest BCUT2D eigenvalue weighted by Gasteiger charge is 2.20. The Kier molecular flexibility index (Phi) is 4.47. The quantitative estimate of drug-likeness (QED) is 0.835. The topological polar surface area (TPSA) is 23.6 Å². The number of nitrogens with zero attached hydrogens (tertiary/aromatic N) is 2. The molecule has 1 amide bonds. The van der Waals surface area contributed by atoms with E-state index in [2.05, 4.69) is 4.90 Å². The summed E-state index contributed by atoms with van der Waals surface area (Å²) in [6.07, 6.45) is 1.94.